The molecule has 0 atom stereocenters. The van der Waals surface area contributed by atoms with Gasteiger partial charge in [-0.1, -0.05) is 0 Å². The molecule has 0 heterocycles. The van der Waals surface area contributed by atoms with Gasteiger partial charge >= 0.3 is 98.7 Å². The molecular weight excluding hydrogens is 333 g/mol. The summed E-state index contributed by atoms with van der Waals surface area (Å²) in [5.41, 5.74) is 0. The molecule has 3 nitrogen and oxygen atoms in total. The summed E-state index contributed by atoms with van der Waals surface area (Å²) in [4.78, 5) is 0.177. The van der Waals surface area contributed by atoms with E-state index in [1.807, 2.05) is 12.1 Å². The summed E-state index contributed by atoms with van der Waals surface area (Å²) >= 11 is 3.76. The maximum atomic E-state index is 10.9. The molecule has 0 aliphatic carbocycles. The molecule has 6 heteroatoms. The van der Waals surface area contributed by atoms with Gasteiger partial charge in [0.15, 0.2) is 0 Å². The monoisotopic (exact) mass is 343 g/mol. The molecule has 14 heavy (non-hydrogen) atoms. The van der Waals surface area contributed by atoms with E-state index in [0.29, 0.717) is 15.0 Å². The number of alkyl halides is 1. The number of sulfonamides is 1. The fraction of sp³-hybridized carbons (Fsp3) is 0.250. The molecule has 0 saturated heterocycles. The van der Waals surface area contributed by atoms with Gasteiger partial charge in [-0.15, -0.1) is 0 Å². The number of halogens is 1. The van der Waals surface area contributed by atoms with Crippen LogP contribution in [0.3, 0.4) is 0 Å². The maximum absolute atomic E-state index is 10.9. The first kappa shape index (κ1) is 12.2. The van der Waals surface area contributed by atoms with Crippen LogP contribution in [0.1, 0.15) is 0 Å². The first-order valence-corrected chi connectivity index (χ1v) is 8.59. The van der Waals surface area contributed by atoms with Gasteiger partial charge in [0.05, 0.1) is 0 Å². The Bertz CT molecular complexity index is 390. The predicted molar refractivity (Wildman–Crippen MR) is 61.8 cm³/mol. The van der Waals surface area contributed by atoms with Crippen LogP contribution in [-0.4, -0.2) is 28.7 Å². The van der Waals surface area contributed by atoms with E-state index in [0.717, 1.165) is 10.6 Å². The second-order valence-corrected chi connectivity index (χ2v) is 7.36. The van der Waals surface area contributed by atoms with Crippen molar-refractivity contribution in [3.8, 4) is 0 Å². The number of rotatable bonds is 4. The summed E-state index contributed by atoms with van der Waals surface area (Å²) in [5, 5.41) is 7.05. The second kappa shape index (κ2) is 5.28. The first-order chi connectivity index (χ1) is 6.54. The SMILES string of the molecule is NS(=O)(=O)c1ccc([Se]CCBr)cc1. The zero-order valence-electron chi connectivity index (χ0n) is 7.31. The normalized spacial score (nSPS) is 11.6. The van der Waals surface area contributed by atoms with Crippen LogP contribution in [0.5, 0.6) is 0 Å². The van der Waals surface area contributed by atoms with Crippen molar-refractivity contribution >= 4 is 45.4 Å². The molecule has 1 aromatic rings. The van der Waals surface area contributed by atoms with E-state index in [1.54, 1.807) is 12.1 Å². The summed E-state index contributed by atoms with van der Waals surface area (Å²) < 4.78 is 23.1. The summed E-state index contributed by atoms with van der Waals surface area (Å²) in [5.74, 6) is 0. The molecule has 1 rings (SSSR count). The summed E-state index contributed by atoms with van der Waals surface area (Å²) in [6.07, 6.45) is 0. The molecule has 78 valence electrons. The van der Waals surface area contributed by atoms with Crippen molar-refractivity contribution in [2.75, 3.05) is 5.33 Å². The Balaban J connectivity index is 2.79. The Hall–Kier alpha value is 0.129. The van der Waals surface area contributed by atoms with Gasteiger partial charge in [-0.25, -0.2) is 0 Å². The minimum absolute atomic E-state index is 0.177. The van der Waals surface area contributed by atoms with Crippen molar-refractivity contribution in [3.05, 3.63) is 24.3 Å². The van der Waals surface area contributed by atoms with Crippen LogP contribution in [0, 0.1) is 0 Å². The quantitative estimate of drug-likeness (QED) is 0.639. The summed E-state index contributed by atoms with van der Waals surface area (Å²) in [6.45, 7) is 0. The molecule has 0 radical (unpaired) electrons. The number of hydrogen-bond acceptors (Lipinski definition) is 2. The predicted octanol–water partition coefficient (Wildman–Crippen LogP) is 0.477. The van der Waals surface area contributed by atoms with E-state index in [9.17, 15) is 8.42 Å². The van der Waals surface area contributed by atoms with E-state index in [2.05, 4.69) is 15.9 Å². The fourth-order valence-electron chi connectivity index (χ4n) is 0.882. The van der Waals surface area contributed by atoms with Crippen LogP contribution in [0.15, 0.2) is 29.2 Å². The zero-order valence-corrected chi connectivity index (χ0v) is 11.4. The Morgan fingerprint density at radius 3 is 2.29 bits per heavy atom. The van der Waals surface area contributed by atoms with E-state index in [4.69, 9.17) is 5.14 Å². The van der Waals surface area contributed by atoms with Crippen LogP contribution in [0.25, 0.3) is 0 Å². The standard InChI is InChI=1S/C8H10BrNO2SSe/c9-5-6-14-8-3-1-7(2-4-8)13(10,11)12/h1-4H,5-6H2,(H2,10,11,12). The molecule has 0 aromatic heterocycles. The molecule has 0 unspecified atom stereocenters. The first-order valence-electron chi connectivity index (χ1n) is 3.85. The van der Waals surface area contributed by atoms with E-state index in [1.165, 1.54) is 4.46 Å². The minimum atomic E-state index is -3.54. The third-order valence-electron chi connectivity index (χ3n) is 1.50. The molecule has 1 aromatic carbocycles. The van der Waals surface area contributed by atoms with Crippen LogP contribution in [0.2, 0.25) is 5.32 Å². The average molecular weight is 343 g/mol. The average Bonchev–Trinajstić information content (AvgIpc) is 2.14. The van der Waals surface area contributed by atoms with Crippen molar-refractivity contribution in [2.45, 2.75) is 10.2 Å². The van der Waals surface area contributed by atoms with Gasteiger partial charge in [-0.2, -0.15) is 0 Å². The van der Waals surface area contributed by atoms with Crippen molar-refractivity contribution in [1.82, 2.24) is 0 Å². The van der Waals surface area contributed by atoms with E-state index >= 15 is 0 Å². The number of nitrogens with two attached hydrogens (primary N) is 1. The van der Waals surface area contributed by atoms with Crippen molar-refractivity contribution in [2.24, 2.45) is 5.14 Å². The molecule has 0 aliphatic heterocycles. The van der Waals surface area contributed by atoms with Crippen LogP contribution in [-0.2, 0) is 10.0 Å². The van der Waals surface area contributed by atoms with Crippen molar-refractivity contribution in [3.63, 3.8) is 0 Å². The number of benzene rings is 1. The van der Waals surface area contributed by atoms with Crippen LogP contribution < -0.4 is 9.60 Å². The van der Waals surface area contributed by atoms with Crippen molar-refractivity contribution < 1.29 is 8.42 Å². The Labute approximate surface area is 98.4 Å². The molecule has 0 saturated carbocycles. The van der Waals surface area contributed by atoms with Gasteiger partial charge in [0.1, 0.15) is 0 Å². The van der Waals surface area contributed by atoms with Gasteiger partial charge in [0.2, 0.25) is 0 Å². The molecule has 0 spiro atoms. The molecule has 2 N–H and O–H groups in total. The molecular formula is C8H10BrNO2SSe. The van der Waals surface area contributed by atoms with Crippen LogP contribution in [0.4, 0.5) is 0 Å². The third kappa shape index (κ3) is 3.71. The molecule has 0 fully saturated rings. The second-order valence-electron chi connectivity index (χ2n) is 2.55. The van der Waals surface area contributed by atoms with Gasteiger partial charge in [-0.05, 0) is 0 Å². The summed E-state index contributed by atoms with van der Waals surface area (Å²) in [7, 11) is -3.54. The van der Waals surface area contributed by atoms with Gasteiger partial charge in [0, 0.05) is 0 Å². The van der Waals surface area contributed by atoms with Gasteiger partial charge in [0.25, 0.3) is 0 Å². The van der Waals surface area contributed by atoms with E-state index in [-0.39, 0.29) is 4.90 Å². The zero-order chi connectivity index (χ0) is 10.6. The van der Waals surface area contributed by atoms with Gasteiger partial charge in [-0.3, -0.25) is 0 Å². The number of primary sulfonamides is 1. The molecule has 0 amide bonds. The Morgan fingerprint density at radius 2 is 1.86 bits per heavy atom. The van der Waals surface area contributed by atoms with Crippen LogP contribution >= 0.6 is 15.9 Å². The van der Waals surface area contributed by atoms with Gasteiger partial charge < -0.3 is 0 Å². The molecule has 0 aliphatic rings. The van der Waals surface area contributed by atoms with E-state index < -0.39 is 10.0 Å². The molecule has 0 bridgehead atoms. The third-order valence-corrected chi connectivity index (χ3v) is 6.13. The Kier molecular flexibility index (Phi) is 4.60. The topological polar surface area (TPSA) is 60.2 Å². The summed E-state index contributed by atoms with van der Waals surface area (Å²) in [6, 6.07) is 6.76. The fourth-order valence-corrected chi connectivity index (χ4v) is 3.58. The Morgan fingerprint density at radius 1 is 1.29 bits per heavy atom. The van der Waals surface area contributed by atoms with Crippen molar-refractivity contribution in [1.29, 1.82) is 0 Å². The number of hydrogen-bond donors (Lipinski definition) is 1.